The van der Waals surface area contributed by atoms with Gasteiger partial charge < -0.3 is 14.6 Å². The highest BCUT2D eigenvalue weighted by atomic mass is 35.5. The van der Waals surface area contributed by atoms with Gasteiger partial charge in [0.05, 0.1) is 18.2 Å². The van der Waals surface area contributed by atoms with Crippen LogP contribution in [0.4, 0.5) is 11.4 Å². The minimum atomic E-state index is -1.37. The zero-order valence-corrected chi connectivity index (χ0v) is 20.8. The van der Waals surface area contributed by atoms with Crippen LogP contribution < -0.4 is 10.2 Å². The largest absolute Gasteiger partial charge is 0.461 e. The van der Waals surface area contributed by atoms with E-state index in [1.54, 1.807) is 42.5 Å². The molecular formula is C31H21ClN2O4. The SMILES string of the molecule is O=C(c1ccccc1)[C@@H]1[C@H](C(=O)c2ccco2)[C@]2(C(=O)Nc3ccccc32)[C@H]2C=Cc3cc(Cl)ccc3N12. The van der Waals surface area contributed by atoms with Gasteiger partial charge in [-0.3, -0.25) is 14.4 Å². The van der Waals surface area contributed by atoms with Crippen LogP contribution >= 0.6 is 11.6 Å². The number of hydrogen-bond acceptors (Lipinski definition) is 5. The number of fused-ring (bicyclic) bond motifs is 6. The third-order valence-corrected chi connectivity index (χ3v) is 8.20. The minimum Gasteiger partial charge on any atom is -0.461 e. The number of nitrogens with zero attached hydrogens (tertiary/aromatic N) is 1. The van der Waals surface area contributed by atoms with Gasteiger partial charge in [0.1, 0.15) is 11.5 Å². The van der Waals surface area contributed by atoms with Crippen LogP contribution in [0, 0.1) is 5.92 Å². The van der Waals surface area contributed by atoms with E-state index in [9.17, 15) is 14.4 Å². The van der Waals surface area contributed by atoms with E-state index in [4.69, 9.17) is 16.0 Å². The van der Waals surface area contributed by atoms with Crippen LogP contribution in [0.3, 0.4) is 0 Å². The summed E-state index contributed by atoms with van der Waals surface area (Å²) < 4.78 is 5.56. The Morgan fingerprint density at radius 1 is 0.921 bits per heavy atom. The van der Waals surface area contributed by atoms with E-state index >= 15 is 0 Å². The molecule has 1 fully saturated rings. The first-order valence-electron chi connectivity index (χ1n) is 12.4. The van der Waals surface area contributed by atoms with Gasteiger partial charge in [0.2, 0.25) is 11.7 Å². The highest BCUT2D eigenvalue weighted by molar-refractivity contribution is 6.31. The normalized spacial score (nSPS) is 24.6. The molecule has 1 spiro atoms. The zero-order chi connectivity index (χ0) is 26.0. The fourth-order valence-electron chi connectivity index (χ4n) is 6.50. The van der Waals surface area contributed by atoms with Crippen molar-refractivity contribution in [3.8, 4) is 0 Å². The topological polar surface area (TPSA) is 79.6 Å². The number of Topliss-reactive ketones (excluding diaryl/α,β-unsaturated/α-hetero) is 2. The lowest BCUT2D eigenvalue weighted by Crippen LogP contribution is -2.51. The van der Waals surface area contributed by atoms with Crippen LogP contribution in [0.2, 0.25) is 5.02 Å². The van der Waals surface area contributed by atoms with Crippen LogP contribution in [0.25, 0.3) is 6.08 Å². The number of anilines is 2. The molecule has 3 aliphatic rings. The predicted octanol–water partition coefficient (Wildman–Crippen LogP) is 5.79. The fraction of sp³-hybridized carbons (Fsp3) is 0.129. The van der Waals surface area contributed by atoms with E-state index in [0.717, 1.165) is 11.3 Å². The van der Waals surface area contributed by atoms with Crippen LogP contribution in [-0.2, 0) is 10.2 Å². The molecule has 6 nitrogen and oxygen atoms in total. The second-order valence-corrected chi connectivity index (χ2v) is 10.2. The third kappa shape index (κ3) is 2.98. The molecule has 3 aromatic carbocycles. The van der Waals surface area contributed by atoms with E-state index in [0.29, 0.717) is 21.8 Å². The van der Waals surface area contributed by atoms with Crippen molar-refractivity contribution in [3.05, 3.63) is 125 Å². The van der Waals surface area contributed by atoms with Gasteiger partial charge in [0.15, 0.2) is 11.5 Å². The number of hydrogen-bond donors (Lipinski definition) is 1. The number of rotatable bonds is 4. The third-order valence-electron chi connectivity index (χ3n) is 7.97. The van der Waals surface area contributed by atoms with E-state index in [1.807, 2.05) is 59.5 Å². The Morgan fingerprint density at radius 2 is 1.71 bits per heavy atom. The first-order valence-corrected chi connectivity index (χ1v) is 12.7. The smallest absolute Gasteiger partial charge is 0.238 e. The quantitative estimate of drug-likeness (QED) is 0.345. The van der Waals surface area contributed by atoms with Crippen molar-refractivity contribution in [1.29, 1.82) is 0 Å². The number of carbonyl (C=O) groups excluding carboxylic acids is 3. The molecule has 0 radical (unpaired) electrons. The Morgan fingerprint density at radius 3 is 2.50 bits per heavy atom. The summed E-state index contributed by atoms with van der Waals surface area (Å²) in [6.45, 7) is 0. The first kappa shape index (κ1) is 22.8. The van der Waals surface area contributed by atoms with Crippen LogP contribution in [0.15, 0.2) is 102 Å². The van der Waals surface area contributed by atoms with Gasteiger partial charge in [0.25, 0.3) is 0 Å². The maximum atomic E-state index is 14.4. The summed E-state index contributed by atoms with van der Waals surface area (Å²) in [6.07, 6.45) is 5.26. The average molecular weight is 521 g/mol. The molecule has 1 amide bonds. The fourth-order valence-corrected chi connectivity index (χ4v) is 6.68. The molecule has 0 saturated carbocycles. The number of benzene rings is 3. The summed E-state index contributed by atoms with van der Waals surface area (Å²) in [6, 6.07) is 23.3. The van der Waals surface area contributed by atoms with E-state index in [1.165, 1.54) is 6.26 Å². The number of halogens is 1. The summed E-state index contributed by atoms with van der Waals surface area (Å²) in [5, 5.41) is 3.57. The van der Waals surface area contributed by atoms with Crippen molar-refractivity contribution >= 4 is 46.5 Å². The molecule has 38 heavy (non-hydrogen) atoms. The molecule has 0 aliphatic carbocycles. The Balaban J connectivity index is 1.55. The van der Waals surface area contributed by atoms with Gasteiger partial charge in [-0.1, -0.05) is 72.3 Å². The molecule has 4 atom stereocenters. The van der Waals surface area contributed by atoms with E-state index in [-0.39, 0.29) is 17.5 Å². The van der Waals surface area contributed by atoms with Crippen molar-refractivity contribution in [3.63, 3.8) is 0 Å². The molecule has 7 heteroatoms. The van der Waals surface area contributed by atoms with Gasteiger partial charge in [-0.25, -0.2) is 0 Å². The van der Waals surface area contributed by atoms with Crippen LogP contribution in [0.1, 0.15) is 32.0 Å². The summed E-state index contributed by atoms with van der Waals surface area (Å²) >= 11 is 6.32. The number of ketones is 2. The Bertz CT molecular complexity index is 1650. The minimum absolute atomic E-state index is 0.109. The standard InChI is InChI=1S/C31H21ClN2O4/c32-20-13-14-23-19(17-20)12-15-25-31(21-9-4-5-10-22(21)33-30(31)37)26(29(36)24-11-6-16-38-24)27(34(23)25)28(35)18-7-2-1-3-8-18/h1-17,25-27H,(H,33,37)/t25-,26-,27+,31-/m1/s1. The highest BCUT2D eigenvalue weighted by Gasteiger charge is 2.70. The second-order valence-electron chi connectivity index (χ2n) is 9.78. The van der Waals surface area contributed by atoms with Crippen molar-refractivity contribution < 1.29 is 18.8 Å². The Hall–Kier alpha value is -4.42. The van der Waals surface area contributed by atoms with Crippen molar-refractivity contribution in [2.45, 2.75) is 17.5 Å². The van der Waals surface area contributed by atoms with Gasteiger partial charge in [0, 0.05) is 22.0 Å². The molecule has 0 unspecified atom stereocenters. The number of carbonyl (C=O) groups is 3. The molecule has 7 rings (SSSR count). The van der Waals surface area contributed by atoms with Crippen molar-refractivity contribution in [1.82, 2.24) is 0 Å². The molecule has 4 aromatic rings. The molecule has 186 valence electrons. The zero-order valence-electron chi connectivity index (χ0n) is 20.0. The summed E-state index contributed by atoms with van der Waals surface area (Å²) in [7, 11) is 0. The van der Waals surface area contributed by atoms with Gasteiger partial charge in [-0.05, 0) is 47.5 Å². The van der Waals surface area contributed by atoms with Gasteiger partial charge in [-0.15, -0.1) is 0 Å². The lowest BCUT2D eigenvalue weighted by molar-refractivity contribution is -0.121. The van der Waals surface area contributed by atoms with Gasteiger partial charge >= 0.3 is 0 Å². The maximum Gasteiger partial charge on any atom is 0.238 e. The summed E-state index contributed by atoms with van der Waals surface area (Å²) in [5.74, 6) is -1.91. The Kier molecular flexibility index (Phi) is 4.97. The molecule has 1 N–H and O–H groups in total. The molecular weight excluding hydrogens is 500 g/mol. The summed E-state index contributed by atoms with van der Waals surface area (Å²) in [5.41, 5.74) is 1.97. The lowest BCUT2D eigenvalue weighted by Gasteiger charge is -2.37. The lowest BCUT2D eigenvalue weighted by atomic mass is 9.64. The molecule has 1 aromatic heterocycles. The maximum absolute atomic E-state index is 14.4. The molecule has 1 saturated heterocycles. The number of para-hydroxylation sites is 1. The van der Waals surface area contributed by atoms with Gasteiger partial charge in [-0.2, -0.15) is 0 Å². The van der Waals surface area contributed by atoms with Crippen LogP contribution in [0.5, 0.6) is 0 Å². The summed E-state index contributed by atoms with van der Waals surface area (Å²) in [4.78, 5) is 44.9. The second kappa shape index (κ2) is 8.30. The monoisotopic (exact) mass is 520 g/mol. The average Bonchev–Trinajstić information content (AvgIpc) is 3.65. The van der Waals surface area contributed by atoms with Crippen molar-refractivity contribution in [2.75, 3.05) is 10.2 Å². The molecule has 3 aliphatic heterocycles. The molecule has 4 heterocycles. The predicted molar refractivity (Wildman–Crippen MR) is 145 cm³/mol. The number of furan rings is 1. The van der Waals surface area contributed by atoms with E-state index in [2.05, 4.69) is 5.32 Å². The highest BCUT2D eigenvalue weighted by Crippen LogP contribution is 2.58. The van der Waals surface area contributed by atoms with Crippen LogP contribution in [-0.4, -0.2) is 29.6 Å². The molecule has 0 bridgehead atoms. The van der Waals surface area contributed by atoms with E-state index < -0.39 is 29.2 Å². The number of nitrogens with one attached hydrogen (secondary N) is 1. The first-order chi connectivity index (χ1) is 18.5. The van der Waals surface area contributed by atoms with Crippen molar-refractivity contribution in [2.24, 2.45) is 5.92 Å². The number of amides is 1. The Labute approximate surface area is 223 Å².